The Morgan fingerprint density at radius 1 is 1.54 bits per heavy atom. The van der Waals surface area contributed by atoms with E-state index in [2.05, 4.69) is 41.1 Å². The predicted octanol–water partition coefficient (Wildman–Crippen LogP) is 3.58. The van der Waals surface area contributed by atoms with Crippen LogP contribution in [0.4, 0.5) is 0 Å². The van der Waals surface area contributed by atoms with Crippen LogP contribution in [-0.4, -0.2) is 5.75 Å². The number of hydrogen-bond acceptors (Lipinski definition) is 2. The quantitative estimate of drug-likeness (QED) is 0.840. The van der Waals surface area contributed by atoms with E-state index in [0.717, 1.165) is 10.2 Å². The zero-order valence-electron chi connectivity index (χ0n) is 7.88. The minimum atomic E-state index is 0.108. The van der Waals surface area contributed by atoms with E-state index < -0.39 is 0 Å². The molecule has 0 saturated carbocycles. The third kappa shape index (κ3) is 3.01. The summed E-state index contributed by atoms with van der Waals surface area (Å²) in [4.78, 5) is 1.28. The summed E-state index contributed by atoms with van der Waals surface area (Å²) in [5, 5.41) is 0. The Morgan fingerprint density at radius 2 is 2.23 bits per heavy atom. The van der Waals surface area contributed by atoms with Gasteiger partial charge in [-0.1, -0.05) is 13.0 Å². The first kappa shape index (κ1) is 11.1. The summed E-state index contributed by atoms with van der Waals surface area (Å²) >= 11 is 5.37. The molecule has 1 aromatic rings. The zero-order valence-corrected chi connectivity index (χ0v) is 10.3. The molecule has 72 valence electrons. The van der Waals surface area contributed by atoms with Gasteiger partial charge < -0.3 is 5.73 Å². The fraction of sp³-hybridized carbons (Fsp3) is 0.400. The number of halogens is 1. The van der Waals surface area contributed by atoms with Crippen molar-refractivity contribution in [2.24, 2.45) is 5.73 Å². The van der Waals surface area contributed by atoms with E-state index in [4.69, 9.17) is 5.73 Å². The number of benzene rings is 1. The summed E-state index contributed by atoms with van der Waals surface area (Å²) in [7, 11) is 0. The first-order valence-electron chi connectivity index (χ1n) is 4.33. The molecule has 13 heavy (non-hydrogen) atoms. The molecule has 0 aliphatic carbocycles. The van der Waals surface area contributed by atoms with Gasteiger partial charge in [-0.15, -0.1) is 11.8 Å². The van der Waals surface area contributed by atoms with Crippen molar-refractivity contribution in [3.05, 3.63) is 28.2 Å². The van der Waals surface area contributed by atoms with Crippen molar-refractivity contribution >= 4 is 27.7 Å². The summed E-state index contributed by atoms with van der Waals surface area (Å²) in [6.45, 7) is 4.14. The first-order chi connectivity index (χ1) is 6.15. The average Bonchev–Trinajstić information content (AvgIpc) is 2.08. The van der Waals surface area contributed by atoms with Crippen molar-refractivity contribution in [3.63, 3.8) is 0 Å². The van der Waals surface area contributed by atoms with E-state index in [1.165, 1.54) is 10.5 Å². The Balaban J connectivity index is 2.92. The van der Waals surface area contributed by atoms with Gasteiger partial charge in [0.2, 0.25) is 0 Å². The summed E-state index contributed by atoms with van der Waals surface area (Å²) < 4.78 is 1.15. The molecule has 1 aromatic carbocycles. The van der Waals surface area contributed by atoms with E-state index in [1.807, 2.05) is 18.7 Å². The minimum Gasteiger partial charge on any atom is -0.324 e. The van der Waals surface area contributed by atoms with Crippen molar-refractivity contribution in [2.75, 3.05) is 5.75 Å². The van der Waals surface area contributed by atoms with Gasteiger partial charge in [0.15, 0.2) is 0 Å². The molecule has 0 amide bonds. The molecule has 0 aliphatic rings. The molecule has 3 heteroatoms. The molecule has 1 atom stereocenters. The lowest BCUT2D eigenvalue weighted by Gasteiger charge is -2.08. The van der Waals surface area contributed by atoms with E-state index in [0.29, 0.717) is 0 Å². The molecule has 0 heterocycles. The molecule has 0 saturated heterocycles. The molecule has 0 bridgehead atoms. The maximum atomic E-state index is 5.78. The highest BCUT2D eigenvalue weighted by atomic mass is 79.9. The summed E-state index contributed by atoms with van der Waals surface area (Å²) in [6, 6.07) is 6.42. The van der Waals surface area contributed by atoms with Gasteiger partial charge in [0.05, 0.1) is 0 Å². The van der Waals surface area contributed by atoms with E-state index in [1.54, 1.807) is 0 Å². The van der Waals surface area contributed by atoms with Crippen molar-refractivity contribution in [3.8, 4) is 0 Å². The number of nitrogens with two attached hydrogens (primary N) is 1. The Morgan fingerprint density at radius 3 is 2.69 bits per heavy atom. The lowest BCUT2D eigenvalue weighted by atomic mass is 10.1. The van der Waals surface area contributed by atoms with Gasteiger partial charge in [-0.05, 0) is 46.3 Å². The van der Waals surface area contributed by atoms with Gasteiger partial charge in [-0.3, -0.25) is 0 Å². The zero-order chi connectivity index (χ0) is 9.84. The van der Waals surface area contributed by atoms with Gasteiger partial charge in [0, 0.05) is 15.4 Å². The Kier molecular flexibility index (Phi) is 4.29. The van der Waals surface area contributed by atoms with Crippen LogP contribution in [0, 0.1) is 0 Å². The van der Waals surface area contributed by atoms with Crippen LogP contribution in [-0.2, 0) is 0 Å². The lowest BCUT2D eigenvalue weighted by molar-refractivity contribution is 0.815. The monoisotopic (exact) mass is 259 g/mol. The van der Waals surface area contributed by atoms with Gasteiger partial charge in [-0.25, -0.2) is 0 Å². The third-order valence-corrected chi connectivity index (χ3v) is 3.66. The average molecular weight is 260 g/mol. The van der Waals surface area contributed by atoms with Crippen molar-refractivity contribution in [2.45, 2.75) is 24.8 Å². The summed E-state index contributed by atoms with van der Waals surface area (Å²) in [6.07, 6.45) is 0. The second kappa shape index (κ2) is 5.03. The number of hydrogen-bond donors (Lipinski definition) is 1. The predicted molar refractivity (Wildman–Crippen MR) is 63.1 cm³/mol. The molecule has 0 aliphatic heterocycles. The molecule has 0 spiro atoms. The highest BCUT2D eigenvalue weighted by molar-refractivity contribution is 9.10. The summed E-state index contributed by atoms with van der Waals surface area (Å²) in [5.74, 6) is 1.09. The maximum Gasteiger partial charge on any atom is 0.0314 e. The van der Waals surface area contributed by atoms with Crippen LogP contribution >= 0.6 is 27.7 Å². The Hall–Kier alpha value is 0.01000. The van der Waals surface area contributed by atoms with Crippen LogP contribution in [0.5, 0.6) is 0 Å². The molecule has 1 nitrogen and oxygen atoms in total. The smallest absolute Gasteiger partial charge is 0.0314 e. The molecule has 0 radical (unpaired) electrons. The van der Waals surface area contributed by atoms with Crippen LogP contribution in [0.15, 0.2) is 27.6 Å². The van der Waals surface area contributed by atoms with Crippen LogP contribution in [0.3, 0.4) is 0 Å². The molecule has 1 unspecified atom stereocenters. The van der Waals surface area contributed by atoms with E-state index in [-0.39, 0.29) is 6.04 Å². The molecule has 0 fully saturated rings. The number of thioether (sulfide) groups is 1. The van der Waals surface area contributed by atoms with Crippen molar-refractivity contribution in [1.82, 2.24) is 0 Å². The van der Waals surface area contributed by atoms with Crippen LogP contribution < -0.4 is 5.73 Å². The van der Waals surface area contributed by atoms with E-state index >= 15 is 0 Å². The molecule has 0 aromatic heterocycles. The Labute approximate surface area is 92.2 Å². The van der Waals surface area contributed by atoms with Crippen molar-refractivity contribution in [1.29, 1.82) is 0 Å². The molecular weight excluding hydrogens is 246 g/mol. The first-order valence-corrected chi connectivity index (χ1v) is 6.10. The fourth-order valence-corrected chi connectivity index (χ4v) is 2.48. The largest absolute Gasteiger partial charge is 0.324 e. The van der Waals surface area contributed by atoms with E-state index in [9.17, 15) is 0 Å². The highest BCUT2D eigenvalue weighted by Gasteiger charge is 2.03. The topological polar surface area (TPSA) is 26.0 Å². The molecule has 2 N–H and O–H groups in total. The van der Waals surface area contributed by atoms with Gasteiger partial charge in [0.25, 0.3) is 0 Å². The third-order valence-electron chi connectivity index (χ3n) is 1.78. The Bertz CT molecular complexity index is 286. The second-order valence-corrected chi connectivity index (χ2v) is 5.07. The molecule has 1 rings (SSSR count). The maximum absolute atomic E-state index is 5.78. The fourth-order valence-electron chi connectivity index (χ4n) is 1.07. The lowest BCUT2D eigenvalue weighted by Crippen LogP contribution is -2.04. The van der Waals surface area contributed by atoms with Gasteiger partial charge in [0.1, 0.15) is 0 Å². The normalized spacial score (nSPS) is 12.9. The standard InChI is InChI=1S/C10H14BrNS/c1-3-13-10-5-4-8(7(2)12)6-9(10)11/h4-7H,3,12H2,1-2H3. The van der Waals surface area contributed by atoms with Crippen LogP contribution in [0.1, 0.15) is 25.5 Å². The SMILES string of the molecule is CCSc1ccc(C(C)N)cc1Br. The van der Waals surface area contributed by atoms with Crippen LogP contribution in [0.25, 0.3) is 0 Å². The van der Waals surface area contributed by atoms with Gasteiger partial charge in [-0.2, -0.15) is 0 Å². The molecular formula is C10H14BrNS. The minimum absolute atomic E-state index is 0.108. The van der Waals surface area contributed by atoms with Crippen LogP contribution in [0.2, 0.25) is 0 Å². The summed E-state index contributed by atoms with van der Waals surface area (Å²) in [5.41, 5.74) is 6.95. The number of rotatable bonds is 3. The van der Waals surface area contributed by atoms with Gasteiger partial charge >= 0.3 is 0 Å². The highest BCUT2D eigenvalue weighted by Crippen LogP contribution is 2.29. The van der Waals surface area contributed by atoms with Crippen molar-refractivity contribution < 1.29 is 0 Å². The second-order valence-electron chi connectivity index (χ2n) is 2.91.